The first-order chi connectivity index (χ1) is 10.9. The molecule has 0 aliphatic carbocycles. The molecule has 0 saturated carbocycles. The van der Waals surface area contributed by atoms with Crippen molar-refractivity contribution in [2.45, 2.75) is 12.8 Å². The monoisotopic (exact) mass is 426 g/mol. The molecule has 0 aromatic rings. The van der Waals surface area contributed by atoms with E-state index in [2.05, 4.69) is 22.6 Å². The van der Waals surface area contributed by atoms with Gasteiger partial charge < -0.3 is 18.6 Å². The van der Waals surface area contributed by atoms with Crippen LogP contribution in [0.2, 0.25) is 0 Å². The van der Waals surface area contributed by atoms with Gasteiger partial charge in [0.2, 0.25) is 0 Å². The molecule has 0 aliphatic heterocycles. The molecule has 0 heterocycles. The van der Waals surface area contributed by atoms with E-state index in [1.54, 1.807) is 0 Å². The Hall–Kier alpha value is -0.500. The van der Waals surface area contributed by atoms with E-state index in [1.165, 1.54) is 12.2 Å². The van der Waals surface area contributed by atoms with Crippen LogP contribution in [0.1, 0.15) is 12.8 Å². The van der Waals surface area contributed by atoms with Crippen molar-refractivity contribution in [3.8, 4) is 0 Å². The Morgan fingerprint density at radius 3 is 1.28 bits per heavy atom. The van der Waals surface area contributed by atoms with Crippen LogP contribution >= 0.6 is 0 Å². The number of carbonyl (C=O) groups is 2. The zero-order valence-electron chi connectivity index (χ0n) is 13.4. The van der Waals surface area contributed by atoms with E-state index < -0.39 is 56.5 Å². The molecule has 0 atom stereocenters. The number of carbonyl (C=O) groups excluding carboxylic acids is 2. The fraction of sp³-hybridized carbons (Fsp3) is 0.500. The molecule has 0 unspecified atom stereocenters. The first-order valence-electron chi connectivity index (χ1n) is 6.31. The third-order valence-corrected chi connectivity index (χ3v) is 3.24. The molecule has 10 nitrogen and oxygen atoms in total. The summed E-state index contributed by atoms with van der Waals surface area (Å²) in [4.78, 5) is 21.2. The van der Waals surface area contributed by atoms with E-state index in [-0.39, 0.29) is 51.0 Å². The van der Waals surface area contributed by atoms with Crippen LogP contribution in [0.5, 0.6) is 0 Å². The maximum atomic E-state index is 10.6. The van der Waals surface area contributed by atoms with Gasteiger partial charge in [-0.05, 0) is 0 Å². The molecule has 0 aromatic heterocycles. The van der Waals surface area contributed by atoms with Crippen molar-refractivity contribution in [2.75, 3.05) is 24.7 Å². The fourth-order valence-corrected chi connectivity index (χ4v) is 1.70. The third-order valence-electron chi connectivity index (χ3n) is 1.84. The smallest absolute Gasteiger partial charge is 0.748 e. The van der Waals surface area contributed by atoms with Crippen LogP contribution in [0.25, 0.3) is 0 Å². The minimum Gasteiger partial charge on any atom is -0.748 e. The number of hydrogen-bond acceptors (Lipinski definition) is 10. The van der Waals surface area contributed by atoms with Gasteiger partial charge in [0.25, 0.3) is 0 Å². The second-order valence-corrected chi connectivity index (χ2v) is 7.01. The number of rotatable bonds is 10. The molecular formula is C12H18CaO10S2. The van der Waals surface area contributed by atoms with Crippen molar-refractivity contribution in [3.63, 3.8) is 0 Å². The zero-order chi connectivity index (χ0) is 19.2. The molecule has 0 bridgehead atoms. The first-order valence-corrected chi connectivity index (χ1v) is 9.47. The van der Waals surface area contributed by atoms with Crippen LogP contribution in [0, 0.1) is 0 Å². The Morgan fingerprint density at radius 1 is 0.800 bits per heavy atom. The second-order valence-electron chi connectivity index (χ2n) is 3.97. The van der Waals surface area contributed by atoms with Gasteiger partial charge in [-0.15, -0.1) is 0 Å². The molecular weight excluding hydrogens is 408 g/mol. The maximum Gasteiger partial charge on any atom is 2.00 e. The van der Waals surface area contributed by atoms with Gasteiger partial charge in [0.1, 0.15) is 13.2 Å². The van der Waals surface area contributed by atoms with E-state index >= 15 is 0 Å². The van der Waals surface area contributed by atoms with Gasteiger partial charge in [0.05, 0.1) is 33.1 Å². The predicted molar refractivity (Wildman–Crippen MR) is 86.4 cm³/mol. The summed E-state index contributed by atoms with van der Waals surface area (Å²) in [5, 5.41) is 0. The van der Waals surface area contributed by atoms with Crippen molar-refractivity contribution in [2.24, 2.45) is 0 Å². The number of hydrogen-bond donors (Lipinski definition) is 0. The molecule has 0 rings (SSSR count). The molecule has 0 saturated heterocycles. The summed E-state index contributed by atoms with van der Waals surface area (Å²) in [6.07, 6.45) is 1.90. The molecule has 0 spiro atoms. The van der Waals surface area contributed by atoms with Crippen LogP contribution in [-0.4, -0.2) is 100 Å². The van der Waals surface area contributed by atoms with Crippen LogP contribution in [0.4, 0.5) is 0 Å². The number of esters is 2. The SMILES string of the molecule is C=CCOC(=O)CCS(=O)(=O)[O-].C=CCOC(=O)CCS(=O)(=O)[O-].[Ca+2]. The van der Waals surface area contributed by atoms with Crippen molar-refractivity contribution >= 4 is 69.9 Å². The Labute approximate surface area is 176 Å². The summed E-state index contributed by atoms with van der Waals surface area (Å²) in [5.74, 6) is -2.87. The molecule has 13 heteroatoms. The third kappa shape index (κ3) is 28.6. The van der Waals surface area contributed by atoms with Crippen LogP contribution in [-0.2, 0) is 39.3 Å². The van der Waals surface area contributed by atoms with Gasteiger partial charge in [0.15, 0.2) is 0 Å². The van der Waals surface area contributed by atoms with E-state index in [0.717, 1.165) is 0 Å². The van der Waals surface area contributed by atoms with Crippen molar-refractivity contribution in [1.82, 2.24) is 0 Å². The van der Waals surface area contributed by atoms with Gasteiger partial charge in [0, 0.05) is 11.5 Å². The predicted octanol–water partition coefficient (Wildman–Crippen LogP) is -1.08. The van der Waals surface area contributed by atoms with E-state index in [9.17, 15) is 35.5 Å². The summed E-state index contributed by atoms with van der Waals surface area (Å²) < 4.78 is 69.0. The molecule has 0 aromatic carbocycles. The Morgan fingerprint density at radius 2 is 1.08 bits per heavy atom. The van der Waals surface area contributed by atoms with Crippen molar-refractivity contribution < 1.29 is 45.0 Å². The average molecular weight is 426 g/mol. The first kappa shape index (κ1) is 29.3. The minimum absolute atomic E-state index is 0. The second kappa shape index (κ2) is 15.7. The van der Waals surface area contributed by atoms with Crippen LogP contribution in [0.15, 0.2) is 25.3 Å². The fourth-order valence-electron chi connectivity index (χ4n) is 0.865. The number of ether oxygens (including phenoxy) is 2. The van der Waals surface area contributed by atoms with Crippen LogP contribution in [0.3, 0.4) is 0 Å². The summed E-state index contributed by atoms with van der Waals surface area (Å²) >= 11 is 0. The molecule has 0 N–H and O–H groups in total. The van der Waals surface area contributed by atoms with E-state index in [4.69, 9.17) is 0 Å². The van der Waals surface area contributed by atoms with E-state index in [1.807, 2.05) is 0 Å². The summed E-state index contributed by atoms with van der Waals surface area (Å²) in [5.41, 5.74) is 0. The Balaban J connectivity index is -0.000000372. The topological polar surface area (TPSA) is 167 Å². The largest absolute Gasteiger partial charge is 2.00 e. The van der Waals surface area contributed by atoms with Crippen molar-refractivity contribution in [1.29, 1.82) is 0 Å². The summed E-state index contributed by atoms with van der Waals surface area (Å²) in [6, 6.07) is 0. The van der Waals surface area contributed by atoms with Crippen LogP contribution < -0.4 is 0 Å². The molecule has 0 radical (unpaired) electrons. The quantitative estimate of drug-likeness (QED) is 0.181. The Bertz CT molecular complexity index is 568. The molecule has 0 amide bonds. The van der Waals surface area contributed by atoms with Crippen molar-refractivity contribution in [3.05, 3.63) is 25.3 Å². The normalized spacial score (nSPS) is 10.3. The van der Waals surface area contributed by atoms with Gasteiger partial charge in [-0.1, -0.05) is 25.3 Å². The van der Waals surface area contributed by atoms with Gasteiger partial charge in [-0.3, -0.25) is 9.59 Å². The summed E-state index contributed by atoms with van der Waals surface area (Å²) in [6.45, 7) is 6.62. The molecule has 140 valence electrons. The standard InChI is InChI=1S/2C6H10O5S.Ca/c2*1-2-4-11-6(7)3-5-12(8,9)10;/h2*2H,1,3-5H2,(H,8,9,10);/q;;+2/p-2. The molecule has 0 fully saturated rings. The van der Waals surface area contributed by atoms with Gasteiger partial charge in [-0.2, -0.15) is 0 Å². The van der Waals surface area contributed by atoms with Gasteiger partial charge >= 0.3 is 49.7 Å². The molecule has 0 aliphatic rings. The van der Waals surface area contributed by atoms with E-state index in [0.29, 0.717) is 0 Å². The summed E-state index contributed by atoms with van der Waals surface area (Å²) in [7, 11) is -8.64. The molecule has 25 heavy (non-hydrogen) atoms. The maximum absolute atomic E-state index is 10.6. The average Bonchev–Trinajstić information content (AvgIpc) is 2.46. The zero-order valence-corrected chi connectivity index (χ0v) is 17.3. The Kier molecular flexibility index (Phi) is 18.4. The van der Waals surface area contributed by atoms with Gasteiger partial charge in [-0.25, -0.2) is 16.8 Å². The minimum atomic E-state index is -4.32.